The number of hydrogen-bond acceptors (Lipinski definition) is 6. The number of hydrogen-bond donors (Lipinski definition) is 1. The Morgan fingerprint density at radius 1 is 0.720 bits per heavy atom. The first-order chi connectivity index (χ1) is 12.2. The summed E-state index contributed by atoms with van der Waals surface area (Å²) in [5.41, 5.74) is 0. The van der Waals surface area contributed by atoms with Gasteiger partial charge in [0.1, 0.15) is 12.2 Å². The molecule has 0 bridgehead atoms. The Morgan fingerprint density at radius 2 is 1.20 bits per heavy atom. The second-order valence-corrected chi connectivity index (χ2v) is 5.45. The van der Waals surface area contributed by atoms with Gasteiger partial charge in [-0.3, -0.25) is 0 Å². The minimum Gasteiger partial charge on any atom is -0.388 e. The minimum absolute atomic E-state index is 0.0219. The zero-order chi connectivity index (χ0) is 18.8. The maximum absolute atomic E-state index is 9.85. The molecule has 0 heterocycles. The van der Waals surface area contributed by atoms with Gasteiger partial charge in [-0.05, 0) is 6.42 Å². The van der Waals surface area contributed by atoms with Gasteiger partial charge in [0.2, 0.25) is 0 Å². The lowest BCUT2D eigenvalue weighted by Gasteiger charge is -2.23. The van der Waals surface area contributed by atoms with Crippen LogP contribution in [0.3, 0.4) is 0 Å². The molecule has 3 unspecified atom stereocenters. The summed E-state index contributed by atoms with van der Waals surface area (Å²) in [5.74, 6) is 0. The van der Waals surface area contributed by atoms with Gasteiger partial charge in [-0.15, -0.1) is 19.7 Å². The number of aliphatic hydroxyl groups is 1. The number of ether oxygens (including phenoxy) is 5. The van der Waals surface area contributed by atoms with Crippen LogP contribution in [0, 0.1) is 0 Å². The van der Waals surface area contributed by atoms with Crippen molar-refractivity contribution >= 4 is 0 Å². The largest absolute Gasteiger partial charge is 0.388 e. The molecule has 146 valence electrons. The number of rotatable bonds is 19. The molecule has 0 aliphatic rings. The fourth-order valence-corrected chi connectivity index (χ4v) is 1.82. The summed E-state index contributed by atoms with van der Waals surface area (Å²) >= 11 is 0. The van der Waals surface area contributed by atoms with Gasteiger partial charge in [0, 0.05) is 0 Å². The smallest absolute Gasteiger partial charge is 0.104 e. The Bertz CT molecular complexity index is 334. The Morgan fingerprint density at radius 3 is 1.72 bits per heavy atom. The van der Waals surface area contributed by atoms with Gasteiger partial charge >= 0.3 is 0 Å². The van der Waals surface area contributed by atoms with Crippen LogP contribution in [-0.4, -0.2) is 76.3 Å². The van der Waals surface area contributed by atoms with Gasteiger partial charge in [-0.2, -0.15) is 0 Å². The molecule has 0 aliphatic carbocycles. The Hall–Kier alpha value is -1.02. The molecule has 0 spiro atoms. The second-order valence-electron chi connectivity index (χ2n) is 5.45. The monoisotopic (exact) mass is 358 g/mol. The van der Waals surface area contributed by atoms with E-state index in [1.165, 1.54) is 0 Å². The summed E-state index contributed by atoms with van der Waals surface area (Å²) in [5, 5.41) is 9.85. The highest BCUT2D eigenvalue weighted by Crippen LogP contribution is 2.04. The minimum atomic E-state index is -0.709. The quantitative estimate of drug-likeness (QED) is 0.282. The van der Waals surface area contributed by atoms with Gasteiger partial charge < -0.3 is 28.8 Å². The van der Waals surface area contributed by atoms with Crippen molar-refractivity contribution in [1.82, 2.24) is 0 Å². The summed E-state index contributed by atoms with van der Waals surface area (Å²) in [6.45, 7) is 15.7. The maximum Gasteiger partial charge on any atom is 0.104 e. The van der Waals surface area contributed by atoms with Crippen LogP contribution in [0.15, 0.2) is 38.0 Å². The summed E-state index contributed by atoms with van der Waals surface area (Å²) in [6.07, 6.45) is 4.82. The van der Waals surface area contributed by atoms with E-state index in [0.717, 1.165) is 6.42 Å². The Labute approximate surface area is 152 Å². The molecule has 0 aromatic heterocycles. The zero-order valence-electron chi connectivity index (χ0n) is 15.4. The first kappa shape index (κ1) is 24.0. The van der Waals surface area contributed by atoms with E-state index in [9.17, 15) is 5.11 Å². The van der Waals surface area contributed by atoms with E-state index in [-0.39, 0.29) is 25.4 Å². The molecular weight excluding hydrogens is 324 g/mol. The lowest BCUT2D eigenvalue weighted by atomic mass is 10.3. The van der Waals surface area contributed by atoms with Crippen molar-refractivity contribution in [3.63, 3.8) is 0 Å². The van der Waals surface area contributed by atoms with E-state index in [4.69, 9.17) is 23.7 Å². The average Bonchev–Trinajstić information content (AvgIpc) is 2.62. The third kappa shape index (κ3) is 15.0. The predicted molar refractivity (Wildman–Crippen MR) is 98.8 cm³/mol. The normalized spacial score (nSPS) is 14.6. The van der Waals surface area contributed by atoms with Crippen LogP contribution in [0.1, 0.15) is 13.3 Å². The fraction of sp³-hybridized carbons (Fsp3) is 0.684. The SMILES string of the molecule is C=CCOCC(O)COC(COCC=C)COC(CC)COCC=C. The average molecular weight is 358 g/mol. The van der Waals surface area contributed by atoms with E-state index >= 15 is 0 Å². The van der Waals surface area contributed by atoms with Gasteiger partial charge in [0.05, 0.1) is 59.0 Å². The maximum atomic E-state index is 9.85. The van der Waals surface area contributed by atoms with Crippen molar-refractivity contribution in [3.05, 3.63) is 38.0 Å². The standard InChI is InChI=1S/C19H34O6/c1-5-9-21-12-17(20)13-24-19(15-23-11-7-3)16-25-18(8-4)14-22-10-6-2/h5-7,17-20H,1-3,8-16H2,4H3. The molecule has 25 heavy (non-hydrogen) atoms. The molecule has 1 N–H and O–H groups in total. The van der Waals surface area contributed by atoms with Crippen molar-refractivity contribution in [3.8, 4) is 0 Å². The summed E-state index contributed by atoms with van der Waals surface area (Å²) in [4.78, 5) is 0. The topological polar surface area (TPSA) is 66.4 Å². The third-order valence-electron chi connectivity index (χ3n) is 3.12. The van der Waals surface area contributed by atoms with Crippen LogP contribution < -0.4 is 0 Å². The second kappa shape index (κ2) is 17.8. The van der Waals surface area contributed by atoms with Crippen LogP contribution in [0.25, 0.3) is 0 Å². The van der Waals surface area contributed by atoms with Crippen LogP contribution in [0.4, 0.5) is 0 Å². The molecule has 6 nitrogen and oxygen atoms in total. The Kier molecular flexibility index (Phi) is 17.1. The summed E-state index contributed by atoms with van der Waals surface area (Å²) in [7, 11) is 0. The van der Waals surface area contributed by atoms with Crippen molar-refractivity contribution in [2.24, 2.45) is 0 Å². The molecule has 0 aliphatic heterocycles. The van der Waals surface area contributed by atoms with Crippen molar-refractivity contribution in [1.29, 1.82) is 0 Å². The van der Waals surface area contributed by atoms with E-state index in [2.05, 4.69) is 19.7 Å². The van der Waals surface area contributed by atoms with E-state index < -0.39 is 6.10 Å². The van der Waals surface area contributed by atoms with Crippen molar-refractivity contribution < 1.29 is 28.8 Å². The molecule has 0 saturated carbocycles. The third-order valence-corrected chi connectivity index (χ3v) is 3.12. The van der Waals surface area contributed by atoms with E-state index in [1.807, 2.05) is 6.92 Å². The lowest BCUT2D eigenvalue weighted by Crippen LogP contribution is -2.33. The highest BCUT2D eigenvalue weighted by molar-refractivity contribution is 4.68. The molecule has 0 fully saturated rings. The molecular formula is C19H34O6. The molecule has 0 amide bonds. The van der Waals surface area contributed by atoms with Crippen LogP contribution in [0.2, 0.25) is 0 Å². The molecule has 0 radical (unpaired) electrons. The highest BCUT2D eigenvalue weighted by atomic mass is 16.6. The summed E-state index contributed by atoms with van der Waals surface area (Å²) < 4.78 is 27.6. The van der Waals surface area contributed by atoms with Gasteiger partial charge in [-0.1, -0.05) is 25.2 Å². The lowest BCUT2D eigenvalue weighted by molar-refractivity contribution is -0.109. The molecule has 3 atom stereocenters. The molecule has 0 rings (SSSR count). The van der Waals surface area contributed by atoms with Crippen LogP contribution in [0.5, 0.6) is 0 Å². The summed E-state index contributed by atoms with van der Waals surface area (Å²) in [6, 6.07) is 0. The van der Waals surface area contributed by atoms with Gasteiger partial charge in [-0.25, -0.2) is 0 Å². The first-order valence-electron chi connectivity index (χ1n) is 8.65. The van der Waals surface area contributed by atoms with Gasteiger partial charge in [0.25, 0.3) is 0 Å². The van der Waals surface area contributed by atoms with E-state index in [0.29, 0.717) is 39.6 Å². The van der Waals surface area contributed by atoms with E-state index in [1.54, 1.807) is 18.2 Å². The predicted octanol–water partition coefficient (Wildman–Crippen LogP) is 2.14. The number of aliphatic hydroxyl groups excluding tert-OH is 1. The molecule has 0 saturated heterocycles. The van der Waals surface area contributed by atoms with Crippen molar-refractivity contribution in [2.75, 3.05) is 52.9 Å². The highest BCUT2D eigenvalue weighted by Gasteiger charge is 2.16. The van der Waals surface area contributed by atoms with Crippen molar-refractivity contribution in [2.45, 2.75) is 31.7 Å². The fourth-order valence-electron chi connectivity index (χ4n) is 1.82. The van der Waals surface area contributed by atoms with Crippen LogP contribution >= 0.6 is 0 Å². The zero-order valence-corrected chi connectivity index (χ0v) is 15.4. The van der Waals surface area contributed by atoms with Crippen LogP contribution in [-0.2, 0) is 23.7 Å². The Balaban J connectivity index is 4.22. The molecule has 6 heteroatoms. The molecule has 0 aromatic carbocycles. The first-order valence-corrected chi connectivity index (χ1v) is 8.65. The van der Waals surface area contributed by atoms with Gasteiger partial charge in [0.15, 0.2) is 0 Å². The molecule has 0 aromatic rings.